The summed E-state index contributed by atoms with van der Waals surface area (Å²) in [6, 6.07) is 10.4. The first-order valence-electron chi connectivity index (χ1n) is 9.78. The van der Waals surface area contributed by atoms with Crippen LogP contribution in [-0.4, -0.2) is 54.2 Å². The first-order valence-corrected chi connectivity index (χ1v) is 9.78. The maximum Gasteiger partial charge on any atom is 0.343 e. The van der Waals surface area contributed by atoms with Crippen molar-refractivity contribution in [1.29, 1.82) is 0 Å². The van der Waals surface area contributed by atoms with Gasteiger partial charge in [-0.05, 0) is 38.1 Å². The molecule has 3 heterocycles. The zero-order chi connectivity index (χ0) is 18.6. The van der Waals surface area contributed by atoms with Gasteiger partial charge in [-0.25, -0.2) is 4.79 Å². The van der Waals surface area contributed by atoms with E-state index in [0.717, 1.165) is 52.1 Å². The van der Waals surface area contributed by atoms with Gasteiger partial charge in [-0.2, -0.15) is 0 Å². The molecule has 0 spiro atoms. The van der Waals surface area contributed by atoms with Gasteiger partial charge in [0.25, 0.3) is 0 Å². The Morgan fingerprint density at radius 1 is 0.889 bits per heavy atom. The largest absolute Gasteiger partial charge is 0.507 e. The number of aromatic hydroxyl groups is 1. The molecule has 0 radical (unpaired) electrons. The molecule has 0 atom stereocenters. The number of rotatable bonds is 5. The van der Waals surface area contributed by atoms with E-state index in [2.05, 4.69) is 39.0 Å². The topological polar surface area (TPSA) is 60.2 Å². The second kappa shape index (κ2) is 8.15. The van der Waals surface area contributed by atoms with Gasteiger partial charge in [0.2, 0.25) is 0 Å². The molecular formula is C21H27N3O3. The van der Waals surface area contributed by atoms with Crippen LogP contribution < -0.4 is 10.5 Å². The van der Waals surface area contributed by atoms with Gasteiger partial charge in [0.05, 0.1) is 5.56 Å². The van der Waals surface area contributed by atoms with Crippen LogP contribution in [0.5, 0.6) is 5.75 Å². The number of benzene rings is 1. The molecule has 0 saturated carbocycles. The van der Waals surface area contributed by atoms with Gasteiger partial charge in [-0.1, -0.05) is 18.2 Å². The summed E-state index contributed by atoms with van der Waals surface area (Å²) in [7, 11) is 0. The third kappa shape index (κ3) is 4.17. The lowest BCUT2D eigenvalue weighted by molar-refractivity contribution is 0.242. The van der Waals surface area contributed by atoms with Gasteiger partial charge < -0.3 is 14.4 Å². The molecule has 0 aliphatic carbocycles. The third-order valence-electron chi connectivity index (χ3n) is 5.61. The lowest BCUT2D eigenvalue weighted by Crippen LogP contribution is -2.46. The Morgan fingerprint density at radius 2 is 1.56 bits per heavy atom. The van der Waals surface area contributed by atoms with E-state index in [1.54, 1.807) is 0 Å². The van der Waals surface area contributed by atoms with E-state index in [1.807, 2.05) is 6.07 Å². The number of para-hydroxylation sites is 1. The SMILES string of the molecule is O=c1occ(CN2CCN(c3ccccc3)CC2)c(O)c1CN1CCCC1. The number of hydrogen-bond donors (Lipinski definition) is 1. The van der Waals surface area contributed by atoms with Crippen molar-refractivity contribution in [1.82, 2.24) is 9.80 Å². The fourth-order valence-corrected chi connectivity index (χ4v) is 4.00. The van der Waals surface area contributed by atoms with Crippen LogP contribution in [0, 0.1) is 0 Å². The highest BCUT2D eigenvalue weighted by atomic mass is 16.4. The van der Waals surface area contributed by atoms with Crippen molar-refractivity contribution in [3.63, 3.8) is 0 Å². The predicted molar refractivity (Wildman–Crippen MR) is 105 cm³/mol. The summed E-state index contributed by atoms with van der Waals surface area (Å²) < 4.78 is 5.23. The number of piperazine rings is 1. The van der Waals surface area contributed by atoms with Crippen molar-refractivity contribution in [3.05, 3.63) is 58.1 Å². The van der Waals surface area contributed by atoms with E-state index in [9.17, 15) is 9.90 Å². The molecule has 1 aromatic carbocycles. The standard InChI is InChI=1S/C21H27N3O3/c25-20-17(16-27-21(26)19(20)15-22-8-4-5-9-22)14-23-10-12-24(13-11-23)18-6-2-1-3-7-18/h1-3,6-7,16,25H,4-5,8-15H2. The van der Waals surface area contributed by atoms with Gasteiger partial charge in [0.15, 0.2) is 0 Å². The van der Waals surface area contributed by atoms with Crippen LogP contribution >= 0.6 is 0 Å². The Kier molecular flexibility index (Phi) is 5.45. The summed E-state index contributed by atoms with van der Waals surface area (Å²) in [5.41, 5.74) is 1.94. The quantitative estimate of drug-likeness (QED) is 0.872. The van der Waals surface area contributed by atoms with Crippen LogP contribution in [0.4, 0.5) is 5.69 Å². The molecule has 2 aliphatic heterocycles. The molecule has 6 nitrogen and oxygen atoms in total. The Balaban J connectivity index is 1.40. The molecular weight excluding hydrogens is 342 g/mol. The van der Waals surface area contributed by atoms with Gasteiger partial charge in [-0.15, -0.1) is 0 Å². The molecule has 2 saturated heterocycles. The molecule has 4 rings (SSSR count). The first-order chi connectivity index (χ1) is 13.2. The normalized spacial score (nSPS) is 18.9. The van der Waals surface area contributed by atoms with Crippen LogP contribution in [0.1, 0.15) is 24.0 Å². The predicted octanol–water partition coefficient (Wildman–Crippen LogP) is 2.26. The highest BCUT2D eigenvalue weighted by molar-refractivity contribution is 5.46. The molecule has 0 unspecified atom stereocenters. The second-order valence-electron chi connectivity index (χ2n) is 7.46. The highest BCUT2D eigenvalue weighted by Crippen LogP contribution is 2.25. The van der Waals surface area contributed by atoms with Crippen molar-refractivity contribution in [2.24, 2.45) is 0 Å². The molecule has 0 amide bonds. The van der Waals surface area contributed by atoms with Crippen molar-refractivity contribution < 1.29 is 9.52 Å². The van der Waals surface area contributed by atoms with Gasteiger partial charge >= 0.3 is 5.63 Å². The smallest absolute Gasteiger partial charge is 0.343 e. The summed E-state index contributed by atoms with van der Waals surface area (Å²) in [6.45, 7) is 6.75. The van der Waals surface area contributed by atoms with Crippen molar-refractivity contribution in [3.8, 4) is 5.75 Å². The molecule has 2 aliphatic rings. The average Bonchev–Trinajstić information content (AvgIpc) is 3.22. The summed E-state index contributed by atoms with van der Waals surface area (Å²) in [5, 5.41) is 10.7. The number of hydrogen-bond acceptors (Lipinski definition) is 6. The zero-order valence-corrected chi connectivity index (χ0v) is 15.6. The fraction of sp³-hybridized carbons (Fsp3) is 0.476. The Labute approximate surface area is 159 Å². The summed E-state index contributed by atoms with van der Waals surface area (Å²) in [4.78, 5) is 19.0. The lowest BCUT2D eigenvalue weighted by atomic mass is 10.1. The van der Waals surface area contributed by atoms with E-state index in [4.69, 9.17) is 4.42 Å². The van der Waals surface area contributed by atoms with Crippen LogP contribution in [0.2, 0.25) is 0 Å². The molecule has 1 aromatic heterocycles. The minimum absolute atomic E-state index is 0.114. The van der Waals surface area contributed by atoms with Crippen molar-refractivity contribution in [2.45, 2.75) is 25.9 Å². The van der Waals surface area contributed by atoms with Crippen LogP contribution in [-0.2, 0) is 13.1 Å². The number of likely N-dealkylation sites (tertiary alicyclic amines) is 1. The molecule has 2 aromatic rings. The Morgan fingerprint density at radius 3 is 2.26 bits per heavy atom. The molecule has 1 N–H and O–H groups in total. The highest BCUT2D eigenvalue weighted by Gasteiger charge is 2.22. The summed E-state index contributed by atoms with van der Waals surface area (Å²) in [6.07, 6.45) is 3.73. The molecule has 2 fully saturated rings. The molecule has 6 heteroatoms. The maximum atomic E-state index is 12.1. The first kappa shape index (κ1) is 18.1. The van der Waals surface area contributed by atoms with E-state index in [-0.39, 0.29) is 5.75 Å². The molecule has 27 heavy (non-hydrogen) atoms. The third-order valence-corrected chi connectivity index (χ3v) is 5.61. The molecule has 144 valence electrons. The van der Waals surface area contributed by atoms with E-state index in [1.165, 1.54) is 12.0 Å². The lowest BCUT2D eigenvalue weighted by Gasteiger charge is -2.36. The van der Waals surface area contributed by atoms with Crippen molar-refractivity contribution in [2.75, 3.05) is 44.2 Å². The minimum Gasteiger partial charge on any atom is -0.507 e. The van der Waals surface area contributed by atoms with Gasteiger partial charge in [-0.3, -0.25) is 9.80 Å². The second-order valence-corrected chi connectivity index (χ2v) is 7.46. The minimum atomic E-state index is -0.419. The monoisotopic (exact) mass is 369 g/mol. The van der Waals surface area contributed by atoms with Crippen molar-refractivity contribution >= 4 is 5.69 Å². The van der Waals surface area contributed by atoms with Gasteiger partial charge in [0, 0.05) is 50.5 Å². The average molecular weight is 369 g/mol. The Bertz CT molecular complexity index is 807. The molecule has 0 bridgehead atoms. The number of anilines is 1. The number of nitrogens with zero attached hydrogens (tertiary/aromatic N) is 3. The maximum absolute atomic E-state index is 12.1. The van der Waals surface area contributed by atoms with Crippen LogP contribution in [0.15, 0.2) is 45.8 Å². The zero-order valence-electron chi connectivity index (χ0n) is 15.6. The van der Waals surface area contributed by atoms with Gasteiger partial charge in [0.1, 0.15) is 12.0 Å². The van der Waals surface area contributed by atoms with Crippen LogP contribution in [0.3, 0.4) is 0 Å². The van der Waals surface area contributed by atoms with E-state index in [0.29, 0.717) is 24.2 Å². The summed E-state index contributed by atoms with van der Waals surface area (Å²) in [5.74, 6) is 0.114. The van der Waals surface area contributed by atoms with Crippen LogP contribution in [0.25, 0.3) is 0 Å². The van der Waals surface area contributed by atoms with E-state index >= 15 is 0 Å². The summed E-state index contributed by atoms with van der Waals surface area (Å²) >= 11 is 0. The fourth-order valence-electron chi connectivity index (χ4n) is 4.00. The Hall–Kier alpha value is -2.31. The van der Waals surface area contributed by atoms with E-state index < -0.39 is 5.63 Å².